The number of nitrogens with zero attached hydrogens (tertiary/aromatic N) is 1. The van der Waals surface area contributed by atoms with E-state index in [0.717, 1.165) is 28.8 Å². The van der Waals surface area contributed by atoms with Gasteiger partial charge >= 0.3 is 0 Å². The highest BCUT2D eigenvalue weighted by molar-refractivity contribution is 9.10. The average molecular weight is 344 g/mol. The predicted octanol–water partition coefficient (Wildman–Crippen LogP) is 3.08. The van der Waals surface area contributed by atoms with E-state index in [4.69, 9.17) is 18.0 Å². The molecule has 0 aliphatic carbocycles. The molecule has 0 saturated carbocycles. The molecule has 0 spiro atoms. The second-order valence-electron chi connectivity index (χ2n) is 5.81. The number of benzene rings is 1. The lowest BCUT2D eigenvalue weighted by atomic mass is 9.92. The Bertz CT molecular complexity index is 458. The maximum atomic E-state index is 5.77. The largest absolute Gasteiger partial charge is 0.389 e. The first-order chi connectivity index (χ1) is 8.71. The monoisotopic (exact) mass is 343 g/mol. The fourth-order valence-electron chi connectivity index (χ4n) is 2.12. The summed E-state index contributed by atoms with van der Waals surface area (Å²) < 4.78 is 0.980. The van der Waals surface area contributed by atoms with Gasteiger partial charge in [0, 0.05) is 28.8 Å². The van der Waals surface area contributed by atoms with Gasteiger partial charge in [0.25, 0.3) is 0 Å². The Morgan fingerprint density at radius 1 is 1.42 bits per heavy atom. The van der Waals surface area contributed by atoms with E-state index in [-0.39, 0.29) is 5.41 Å². The minimum Gasteiger partial charge on any atom is -0.389 e. The van der Waals surface area contributed by atoms with E-state index in [2.05, 4.69) is 54.1 Å². The molecule has 1 rings (SSSR count). The number of anilines is 1. The minimum atomic E-state index is 0.171. The van der Waals surface area contributed by atoms with Crippen LogP contribution >= 0.6 is 28.1 Å². The topological polar surface area (TPSA) is 41.3 Å². The molecule has 106 valence electrons. The molecule has 5 heteroatoms. The van der Waals surface area contributed by atoms with Gasteiger partial charge in [0.15, 0.2) is 0 Å². The Kier molecular flexibility index (Phi) is 5.77. The van der Waals surface area contributed by atoms with Crippen LogP contribution in [0.15, 0.2) is 22.7 Å². The van der Waals surface area contributed by atoms with E-state index in [0.29, 0.717) is 4.99 Å². The van der Waals surface area contributed by atoms with E-state index < -0.39 is 0 Å². The van der Waals surface area contributed by atoms with Gasteiger partial charge < -0.3 is 16.0 Å². The summed E-state index contributed by atoms with van der Waals surface area (Å²) in [6.07, 6.45) is 0. The van der Waals surface area contributed by atoms with Crippen LogP contribution in [0.3, 0.4) is 0 Å². The molecule has 0 fully saturated rings. The summed E-state index contributed by atoms with van der Waals surface area (Å²) in [4.78, 5) is 2.60. The van der Waals surface area contributed by atoms with E-state index in [9.17, 15) is 0 Å². The highest BCUT2D eigenvalue weighted by Gasteiger charge is 2.19. The third-order valence-corrected chi connectivity index (χ3v) is 3.46. The van der Waals surface area contributed by atoms with Gasteiger partial charge in [0.05, 0.1) is 0 Å². The fraction of sp³-hybridized carbons (Fsp3) is 0.500. The van der Waals surface area contributed by atoms with Crippen molar-refractivity contribution in [2.75, 3.05) is 32.5 Å². The predicted molar refractivity (Wildman–Crippen MR) is 90.9 cm³/mol. The molecule has 19 heavy (non-hydrogen) atoms. The van der Waals surface area contributed by atoms with Crippen molar-refractivity contribution < 1.29 is 0 Å². The molecule has 0 unspecified atom stereocenters. The highest BCUT2D eigenvalue weighted by atomic mass is 79.9. The summed E-state index contributed by atoms with van der Waals surface area (Å²) in [7, 11) is 4.17. The van der Waals surface area contributed by atoms with Crippen molar-refractivity contribution in [2.45, 2.75) is 13.8 Å². The van der Waals surface area contributed by atoms with Gasteiger partial charge in [-0.25, -0.2) is 0 Å². The van der Waals surface area contributed by atoms with Crippen molar-refractivity contribution in [2.24, 2.45) is 11.1 Å². The Morgan fingerprint density at radius 2 is 2.05 bits per heavy atom. The summed E-state index contributed by atoms with van der Waals surface area (Å²) in [6, 6.07) is 5.94. The number of halogens is 1. The van der Waals surface area contributed by atoms with Crippen LogP contribution in [0.1, 0.15) is 19.4 Å². The number of hydrogen-bond donors (Lipinski definition) is 2. The fourth-order valence-corrected chi connectivity index (χ4v) is 2.65. The summed E-state index contributed by atoms with van der Waals surface area (Å²) in [5.74, 6) is 0. The first-order valence-corrected chi connectivity index (χ1v) is 7.39. The second kappa shape index (κ2) is 6.68. The SMILES string of the molecule is CN(C)CC(C)(C)CNc1ccc(Br)cc1C(N)=S. The van der Waals surface area contributed by atoms with Gasteiger partial charge in [-0.15, -0.1) is 0 Å². The van der Waals surface area contributed by atoms with E-state index in [1.54, 1.807) is 0 Å². The molecule has 0 amide bonds. The normalized spacial score (nSPS) is 11.7. The molecule has 0 atom stereocenters. The smallest absolute Gasteiger partial charge is 0.106 e. The minimum absolute atomic E-state index is 0.171. The lowest BCUT2D eigenvalue weighted by Gasteiger charge is -2.29. The van der Waals surface area contributed by atoms with Crippen molar-refractivity contribution in [3.8, 4) is 0 Å². The molecule has 0 saturated heterocycles. The van der Waals surface area contributed by atoms with Gasteiger partial charge in [0.2, 0.25) is 0 Å². The zero-order chi connectivity index (χ0) is 14.6. The highest BCUT2D eigenvalue weighted by Crippen LogP contribution is 2.23. The van der Waals surface area contributed by atoms with Gasteiger partial charge in [0.1, 0.15) is 4.99 Å². The zero-order valence-corrected chi connectivity index (χ0v) is 14.4. The van der Waals surface area contributed by atoms with Crippen LogP contribution in [-0.2, 0) is 0 Å². The van der Waals surface area contributed by atoms with Crippen molar-refractivity contribution in [3.63, 3.8) is 0 Å². The van der Waals surface area contributed by atoms with Crippen LogP contribution < -0.4 is 11.1 Å². The first kappa shape index (κ1) is 16.4. The van der Waals surface area contributed by atoms with E-state index >= 15 is 0 Å². The number of nitrogens with two attached hydrogens (primary N) is 1. The maximum absolute atomic E-state index is 5.77. The molecule has 0 aliphatic heterocycles. The van der Waals surface area contributed by atoms with Crippen LogP contribution in [0.5, 0.6) is 0 Å². The standard InChI is InChI=1S/C14H22BrN3S/c1-14(2,9-18(3)4)8-17-12-6-5-10(15)7-11(12)13(16)19/h5-7,17H,8-9H2,1-4H3,(H2,16,19). The van der Waals surface area contributed by atoms with Crippen LogP contribution in [0.4, 0.5) is 5.69 Å². The van der Waals surface area contributed by atoms with E-state index in [1.165, 1.54) is 0 Å². The van der Waals surface area contributed by atoms with Crippen molar-refractivity contribution in [3.05, 3.63) is 28.2 Å². The Hall–Kier alpha value is -0.650. The molecule has 1 aromatic rings. The third-order valence-electron chi connectivity index (χ3n) is 2.75. The van der Waals surface area contributed by atoms with E-state index in [1.807, 2.05) is 18.2 Å². The summed E-state index contributed by atoms with van der Waals surface area (Å²) in [5, 5.41) is 3.45. The van der Waals surface area contributed by atoms with Gasteiger partial charge in [-0.3, -0.25) is 0 Å². The van der Waals surface area contributed by atoms with Crippen LogP contribution in [0.25, 0.3) is 0 Å². The lowest BCUT2D eigenvalue weighted by molar-refractivity contribution is 0.254. The second-order valence-corrected chi connectivity index (χ2v) is 7.17. The molecule has 0 aromatic heterocycles. The third kappa shape index (κ3) is 5.47. The number of hydrogen-bond acceptors (Lipinski definition) is 3. The molecular weight excluding hydrogens is 322 g/mol. The van der Waals surface area contributed by atoms with Crippen LogP contribution in [0.2, 0.25) is 0 Å². The number of nitrogens with one attached hydrogen (secondary N) is 1. The average Bonchev–Trinajstić information content (AvgIpc) is 2.25. The Morgan fingerprint density at radius 3 is 2.58 bits per heavy atom. The quantitative estimate of drug-likeness (QED) is 0.779. The lowest BCUT2D eigenvalue weighted by Crippen LogP contribution is -2.34. The summed E-state index contributed by atoms with van der Waals surface area (Å²) in [6.45, 7) is 6.35. The van der Waals surface area contributed by atoms with Gasteiger partial charge in [-0.1, -0.05) is 42.0 Å². The van der Waals surface area contributed by atoms with Gasteiger partial charge in [-0.05, 0) is 37.7 Å². The molecule has 0 radical (unpaired) electrons. The maximum Gasteiger partial charge on any atom is 0.106 e. The van der Waals surface area contributed by atoms with Gasteiger partial charge in [-0.2, -0.15) is 0 Å². The first-order valence-electron chi connectivity index (χ1n) is 6.19. The van der Waals surface area contributed by atoms with Crippen molar-refractivity contribution in [1.29, 1.82) is 0 Å². The van der Waals surface area contributed by atoms with Crippen molar-refractivity contribution >= 4 is 38.8 Å². The molecule has 3 N–H and O–H groups in total. The van der Waals surface area contributed by atoms with Crippen molar-refractivity contribution in [1.82, 2.24) is 4.90 Å². The molecule has 0 heterocycles. The molecule has 3 nitrogen and oxygen atoms in total. The zero-order valence-electron chi connectivity index (χ0n) is 12.0. The molecule has 1 aromatic carbocycles. The van der Waals surface area contributed by atoms with Crippen LogP contribution in [0, 0.1) is 5.41 Å². The van der Waals surface area contributed by atoms with Crippen LogP contribution in [-0.4, -0.2) is 37.1 Å². The summed E-state index contributed by atoms with van der Waals surface area (Å²) in [5.41, 5.74) is 7.80. The Balaban J connectivity index is 2.80. The molecular formula is C14H22BrN3S. The summed E-state index contributed by atoms with van der Waals surface area (Å²) >= 11 is 8.53. The molecule has 0 bridgehead atoms. The number of rotatable bonds is 6. The Labute approximate surface area is 129 Å². The molecule has 0 aliphatic rings. The number of thiocarbonyl (C=S) groups is 1.